The predicted octanol–water partition coefficient (Wildman–Crippen LogP) is -2.18. The van der Waals surface area contributed by atoms with Crippen molar-refractivity contribution >= 4 is 23.1 Å². The average Bonchev–Trinajstić information content (AvgIpc) is 2.92. The number of rotatable bonds is 6. The van der Waals surface area contributed by atoms with Crippen LogP contribution in [0.1, 0.15) is 88.5 Å². The topological polar surface area (TPSA) is 92.2 Å². The van der Waals surface area contributed by atoms with Crippen molar-refractivity contribution in [1.82, 2.24) is 0 Å². The van der Waals surface area contributed by atoms with Gasteiger partial charge >= 0.3 is 112 Å². The fourth-order valence-electron chi connectivity index (χ4n) is 3.74. The Kier molecular flexibility index (Phi) is 34.8. The van der Waals surface area contributed by atoms with Gasteiger partial charge in [-0.05, 0) is 41.4 Å². The van der Waals surface area contributed by atoms with Crippen LogP contribution in [0.15, 0.2) is 97.1 Å². The summed E-state index contributed by atoms with van der Waals surface area (Å²) in [7, 11) is 0. The largest absolute Gasteiger partial charge is 2.00 e. The first kappa shape index (κ1) is 50.7. The molecule has 0 fully saturated rings. The predicted molar refractivity (Wildman–Crippen MR) is 165 cm³/mol. The maximum Gasteiger partial charge on any atom is 2.00 e. The van der Waals surface area contributed by atoms with Gasteiger partial charge in [-0.3, -0.25) is 0 Å². The standard InChI is InChI=1S/4C9H12O.Mg.3Na/c1-7(2)8-3-5-9(10)6-4-8;1-7(2)8-5-3-4-6-9(8)10;1-2-4-8-5-3-6-9(10)7-8;1-2-3-8-4-6-9(10)7-5-8;;;;/h2*3-7,10H,1-2H3;3,5-7,10H,2,4H2,1H3;4-7,10H,2-3H2,1H3;;;;/q;;;;+2;3*+1/p-4. The van der Waals surface area contributed by atoms with Gasteiger partial charge in [0.05, 0.1) is 0 Å². The van der Waals surface area contributed by atoms with E-state index in [9.17, 15) is 20.4 Å². The third kappa shape index (κ3) is 23.2. The molecule has 4 aromatic carbocycles. The van der Waals surface area contributed by atoms with E-state index in [1.165, 1.54) is 11.1 Å². The summed E-state index contributed by atoms with van der Waals surface area (Å²) in [5.74, 6) is 1.31. The quantitative estimate of drug-likeness (QED) is 0.226. The summed E-state index contributed by atoms with van der Waals surface area (Å²) in [4.78, 5) is 0. The van der Waals surface area contributed by atoms with Crippen LogP contribution in [0.4, 0.5) is 0 Å². The van der Waals surface area contributed by atoms with Gasteiger partial charge in [-0.1, -0.05) is 157 Å². The summed E-state index contributed by atoms with van der Waals surface area (Å²) in [5.41, 5.74) is 4.53. The molecule has 0 aliphatic rings. The number of benzene rings is 4. The van der Waals surface area contributed by atoms with Gasteiger partial charge in [0, 0.05) is 0 Å². The zero-order valence-corrected chi connectivity index (χ0v) is 36.0. The Balaban J connectivity index is -0.000000235. The van der Waals surface area contributed by atoms with E-state index in [0.29, 0.717) is 11.8 Å². The first-order chi connectivity index (χ1) is 19.1. The summed E-state index contributed by atoms with van der Waals surface area (Å²) < 4.78 is 0. The molecule has 0 aliphatic carbocycles. The zero-order valence-electron chi connectivity index (χ0n) is 28.6. The normalized spacial score (nSPS) is 9.09. The Morgan fingerprint density at radius 1 is 0.500 bits per heavy atom. The van der Waals surface area contributed by atoms with Gasteiger partial charge in [-0.2, -0.15) is 0 Å². The van der Waals surface area contributed by atoms with Gasteiger partial charge in [0.15, 0.2) is 0 Å². The molecule has 0 aliphatic heterocycles. The Morgan fingerprint density at radius 3 is 1.39 bits per heavy atom. The molecule has 0 N–H and O–H groups in total. The van der Waals surface area contributed by atoms with Crippen molar-refractivity contribution in [2.24, 2.45) is 0 Å². The van der Waals surface area contributed by atoms with E-state index in [-0.39, 0.29) is 135 Å². The molecule has 0 atom stereocenters. The SMILES string of the molecule is CC(C)c1ccc([O-])cc1.CC(C)c1ccccc1[O-].CCCc1ccc([O-])cc1.CCCc1cccc([O-])c1.[Mg+2].[Na+].[Na+].[Na+]. The van der Waals surface area contributed by atoms with Crippen LogP contribution in [-0.4, -0.2) is 23.1 Å². The molecule has 0 saturated carbocycles. The van der Waals surface area contributed by atoms with E-state index in [2.05, 4.69) is 27.7 Å². The first-order valence-corrected chi connectivity index (χ1v) is 14.1. The summed E-state index contributed by atoms with van der Waals surface area (Å²) in [5, 5.41) is 43.1. The smallest absolute Gasteiger partial charge is 0.872 e. The molecular formula is C36H44MgNa3O4+. The van der Waals surface area contributed by atoms with Gasteiger partial charge < -0.3 is 20.4 Å². The summed E-state index contributed by atoms with van der Waals surface area (Å²) >= 11 is 0. The minimum atomic E-state index is 0. The van der Waals surface area contributed by atoms with Crippen LogP contribution in [0.2, 0.25) is 0 Å². The average molecular weight is 634 g/mol. The van der Waals surface area contributed by atoms with Crippen LogP contribution >= 0.6 is 0 Å². The monoisotopic (exact) mass is 633 g/mol. The second-order valence-electron chi connectivity index (χ2n) is 10.2. The fourth-order valence-corrected chi connectivity index (χ4v) is 3.74. The molecule has 0 radical (unpaired) electrons. The number of hydrogen-bond donors (Lipinski definition) is 0. The summed E-state index contributed by atoms with van der Waals surface area (Å²) in [6, 6.07) is 28.2. The van der Waals surface area contributed by atoms with Crippen LogP contribution in [-0.2, 0) is 12.8 Å². The third-order valence-electron chi connectivity index (χ3n) is 5.99. The van der Waals surface area contributed by atoms with Crippen molar-refractivity contribution in [1.29, 1.82) is 0 Å². The van der Waals surface area contributed by atoms with Crippen molar-refractivity contribution in [2.45, 2.75) is 79.1 Å². The van der Waals surface area contributed by atoms with Crippen molar-refractivity contribution in [2.75, 3.05) is 0 Å². The van der Waals surface area contributed by atoms with Crippen LogP contribution < -0.4 is 109 Å². The Bertz CT molecular complexity index is 1220. The first-order valence-electron chi connectivity index (χ1n) is 14.1. The fraction of sp³-hybridized carbons (Fsp3) is 0.333. The molecule has 0 saturated heterocycles. The molecule has 0 unspecified atom stereocenters. The van der Waals surface area contributed by atoms with Gasteiger partial charge in [0.1, 0.15) is 0 Å². The van der Waals surface area contributed by atoms with E-state index in [1.54, 1.807) is 48.5 Å². The van der Waals surface area contributed by atoms with Crippen LogP contribution in [0.3, 0.4) is 0 Å². The van der Waals surface area contributed by atoms with E-state index in [1.807, 2.05) is 62.4 Å². The van der Waals surface area contributed by atoms with E-state index < -0.39 is 0 Å². The molecule has 4 aromatic rings. The third-order valence-corrected chi connectivity index (χ3v) is 5.99. The van der Waals surface area contributed by atoms with Crippen LogP contribution in [0.25, 0.3) is 0 Å². The molecule has 0 spiro atoms. The Labute approximate surface area is 349 Å². The molecule has 44 heavy (non-hydrogen) atoms. The van der Waals surface area contributed by atoms with Gasteiger partial charge in [0.25, 0.3) is 0 Å². The van der Waals surface area contributed by atoms with Gasteiger partial charge in [-0.25, -0.2) is 0 Å². The van der Waals surface area contributed by atoms with E-state index in [0.717, 1.165) is 36.8 Å². The number of aryl methyl sites for hydroxylation is 2. The number of para-hydroxylation sites is 1. The van der Waals surface area contributed by atoms with Crippen LogP contribution in [0, 0.1) is 0 Å². The molecule has 0 bridgehead atoms. The van der Waals surface area contributed by atoms with Crippen molar-refractivity contribution in [3.63, 3.8) is 0 Å². The maximum atomic E-state index is 11.1. The van der Waals surface area contributed by atoms with Crippen molar-refractivity contribution in [3.8, 4) is 23.0 Å². The second-order valence-corrected chi connectivity index (χ2v) is 10.2. The molecule has 4 nitrogen and oxygen atoms in total. The second kappa shape index (κ2) is 30.2. The Morgan fingerprint density at radius 2 is 0.977 bits per heavy atom. The Hall–Kier alpha value is -0.154. The van der Waals surface area contributed by atoms with Gasteiger partial charge in [0.2, 0.25) is 0 Å². The van der Waals surface area contributed by atoms with E-state index in [4.69, 9.17) is 0 Å². The molecule has 4 rings (SSSR count). The maximum absolute atomic E-state index is 11.1. The molecule has 8 heteroatoms. The number of hydrogen-bond acceptors (Lipinski definition) is 4. The molecule has 0 heterocycles. The van der Waals surface area contributed by atoms with Gasteiger partial charge in [-0.15, -0.1) is 23.0 Å². The zero-order chi connectivity index (χ0) is 29.9. The minimum Gasteiger partial charge on any atom is -0.872 e. The van der Waals surface area contributed by atoms with Crippen molar-refractivity contribution < 1.29 is 109 Å². The molecule has 0 aromatic heterocycles. The van der Waals surface area contributed by atoms with Crippen LogP contribution in [0.5, 0.6) is 23.0 Å². The van der Waals surface area contributed by atoms with Crippen molar-refractivity contribution in [3.05, 3.63) is 119 Å². The summed E-state index contributed by atoms with van der Waals surface area (Å²) in [6.45, 7) is 12.5. The minimum absolute atomic E-state index is 0. The molecule has 0 amide bonds. The molecular weight excluding hydrogens is 590 g/mol. The van der Waals surface area contributed by atoms with E-state index >= 15 is 0 Å². The molecule has 216 valence electrons. The summed E-state index contributed by atoms with van der Waals surface area (Å²) in [6.07, 6.45) is 4.32.